The van der Waals surface area contributed by atoms with Gasteiger partial charge >= 0.3 is 0 Å². The lowest BCUT2D eigenvalue weighted by atomic mass is 9.44. The second-order valence-electron chi connectivity index (χ2n) is 11.3. The van der Waals surface area contributed by atoms with Gasteiger partial charge in [0.25, 0.3) is 0 Å². The van der Waals surface area contributed by atoms with Crippen molar-refractivity contribution < 1.29 is 15.0 Å². The van der Waals surface area contributed by atoms with E-state index in [0.29, 0.717) is 17.8 Å². The third kappa shape index (κ3) is 4.31. The van der Waals surface area contributed by atoms with Gasteiger partial charge < -0.3 is 15.0 Å². The zero-order chi connectivity index (χ0) is 22.2. The molecule has 3 nitrogen and oxygen atoms in total. The molecule has 4 rings (SSSR count). The van der Waals surface area contributed by atoms with Crippen molar-refractivity contribution in [3.63, 3.8) is 0 Å². The Bertz CT molecular complexity index is 604. The number of fused-ring (bicyclic) bond motifs is 5. The standard InChI is InChI=1S/C21H36O2.C3H6O.C2H2/c1-13-7-9-20(4)15(11-13)5-6-16-17(20)8-10-19(3)14(2)21(22,23)12-18(16)19;1-3(2)4;1-2/h13-18,22-23H,5-12H2,1-4H3;1-2H3;1-2H. The van der Waals surface area contributed by atoms with Gasteiger partial charge in [0.2, 0.25) is 0 Å². The Morgan fingerprint density at radius 2 is 1.45 bits per heavy atom. The van der Waals surface area contributed by atoms with Crippen LogP contribution < -0.4 is 0 Å². The molecular formula is C26H44O3. The van der Waals surface area contributed by atoms with E-state index in [-0.39, 0.29) is 17.1 Å². The van der Waals surface area contributed by atoms with Gasteiger partial charge in [0, 0.05) is 12.3 Å². The molecule has 2 N–H and O–H groups in total. The Hall–Kier alpha value is -0.850. The number of ketones is 1. The number of Topliss-reactive ketones (excluding diaryl/α,β-unsaturated/α-hetero) is 1. The van der Waals surface area contributed by atoms with Crippen LogP contribution in [0.15, 0.2) is 0 Å². The summed E-state index contributed by atoms with van der Waals surface area (Å²) in [7, 11) is 0. The lowest BCUT2D eigenvalue weighted by Crippen LogP contribution is -2.53. The van der Waals surface area contributed by atoms with Crippen LogP contribution in [0.5, 0.6) is 0 Å². The van der Waals surface area contributed by atoms with Crippen molar-refractivity contribution >= 4 is 5.78 Å². The minimum absolute atomic E-state index is 0.0119. The maximum Gasteiger partial charge on any atom is 0.165 e. The molecule has 8 atom stereocenters. The lowest BCUT2D eigenvalue weighted by molar-refractivity contribution is -0.192. The minimum atomic E-state index is -1.44. The number of aliphatic hydroxyl groups is 2. The second-order valence-corrected chi connectivity index (χ2v) is 11.3. The van der Waals surface area contributed by atoms with Crippen molar-refractivity contribution in [1.29, 1.82) is 0 Å². The van der Waals surface area contributed by atoms with Gasteiger partial charge in [-0.05, 0) is 92.8 Å². The summed E-state index contributed by atoms with van der Waals surface area (Å²) in [6, 6.07) is 0. The topological polar surface area (TPSA) is 57.5 Å². The van der Waals surface area contributed by atoms with E-state index in [0.717, 1.165) is 23.7 Å². The molecule has 4 saturated carbocycles. The van der Waals surface area contributed by atoms with Crippen molar-refractivity contribution in [2.75, 3.05) is 0 Å². The van der Waals surface area contributed by atoms with E-state index in [1.54, 1.807) is 0 Å². The highest BCUT2D eigenvalue weighted by Gasteiger charge is 2.64. The van der Waals surface area contributed by atoms with E-state index in [2.05, 4.69) is 40.5 Å². The molecule has 3 heteroatoms. The Morgan fingerprint density at radius 3 is 2.03 bits per heavy atom. The second kappa shape index (κ2) is 8.72. The maximum atomic E-state index is 10.5. The number of terminal acetylenes is 1. The van der Waals surface area contributed by atoms with E-state index in [4.69, 9.17) is 0 Å². The van der Waals surface area contributed by atoms with Crippen molar-refractivity contribution in [1.82, 2.24) is 0 Å². The van der Waals surface area contributed by atoms with E-state index >= 15 is 0 Å². The monoisotopic (exact) mass is 404 g/mol. The molecule has 0 aromatic carbocycles. The van der Waals surface area contributed by atoms with Crippen molar-refractivity contribution in [3.8, 4) is 12.8 Å². The fraction of sp³-hybridized carbons (Fsp3) is 0.885. The molecule has 0 aromatic heterocycles. The summed E-state index contributed by atoms with van der Waals surface area (Å²) < 4.78 is 0. The van der Waals surface area contributed by atoms with Gasteiger partial charge in [0.15, 0.2) is 5.79 Å². The Balaban J connectivity index is 0.000000449. The number of hydrogen-bond donors (Lipinski definition) is 2. The molecule has 0 bridgehead atoms. The zero-order valence-corrected chi connectivity index (χ0v) is 19.6. The highest BCUT2D eigenvalue weighted by atomic mass is 16.5. The third-order valence-electron chi connectivity index (χ3n) is 9.57. The molecule has 8 unspecified atom stereocenters. The normalized spacial score (nSPS) is 47.1. The number of carbonyl (C=O) groups is 1. The Labute approximate surface area is 179 Å². The van der Waals surface area contributed by atoms with E-state index in [9.17, 15) is 15.0 Å². The summed E-state index contributed by atoms with van der Waals surface area (Å²) in [6.45, 7) is 12.5. The molecule has 0 amide bonds. The van der Waals surface area contributed by atoms with E-state index in [1.165, 1.54) is 58.8 Å². The van der Waals surface area contributed by atoms with Gasteiger partial charge in [-0.2, -0.15) is 0 Å². The quantitative estimate of drug-likeness (QED) is 0.418. The van der Waals surface area contributed by atoms with Crippen LogP contribution in [-0.4, -0.2) is 21.8 Å². The summed E-state index contributed by atoms with van der Waals surface area (Å²) in [6.07, 6.45) is 18.1. The predicted molar refractivity (Wildman–Crippen MR) is 119 cm³/mol. The van der Waals surface area contributed by atoms with Gasteiger partial charge in [0.1, 0.15) is 5.78 Å². The number of rotatable bonds is 0. The molecule has 0 heterocycles. The van der Waals surface area contributed by atoms with Crippen LogP contribution >= 0.6 is 0 Å². The van der Waals surface area contributed by atoms with Crippen LogP contribution in [0.4, 0.5) is 0 Å². The van der Waals surface area contributed by atoms with Crippen molar-refractivity contribution in [2.24, 2.45) is 46.3 Å². The third-order valence-corrected chi connectivity index (χ3v) is 9.57. The Morgan fingerprint density at radius 1 is 0.897 bits per heavy atom. The average Bonchev–Trinajstić information content (AvgIpc) is 2.83. The van der Waals surface area contributed by atoms with Crippen molar-refractivity contribution in [2.45, 2.75) is 98.7 Å². The molecule has 29 heavy (non-hydrogen) atoms. The first kappa shape index (κ1) is 24.4. The summed E-state index contributed by atoms with van der Waals surface area (Å²) >= 11 is 0. The van der Waals surface area contributed by atoms with Crippen LogP contribution in [0.2, 0.25) is 0 Å². The largest absolute Gasteiger partial charge is 0.365 e. The van der Waals surface area contributed by atoms with E-state index in [1.807, 2.05) is 0 Å². The first-order valence-corrected chi connectivity index (χ1v) is 11.7. The van der Waals surface area contributed by atoms with Crippen molar-refractivity contribution in [3.05, 3.63) is 0 Å². The number of carbonyl (C=O) groups excluding carboxylic acids is 1. The molecule has 166 valence electrons. The molecule has 0 aromatic rings. The first-order chi connectivity index (χ1) is 13.4. The van der Waals surface area contributed by atoms with Crippen LogP contribution in [0, 0.1) is 59.2 Å². The molecular weight excluding hydrogens is 360 g/mol. The fourth-order valence-electron chi connectivity index (χ4n) is 7.77. The van der Waals surface area contributed by atoms with E-state index < -0.39 is 5.79 Å². The van der Waals surface area contributed by atoms with Crippen LogP contribution in [0.25, 0.3) is 0 Å². The fourth-order valence-corrected chi connectivity index (χ4v) is 7.77. The lowest BCUT2D eigenvalue weighted by Gasteiger charge is -2.60. The SMILES string of the molecule is C#C.CC(C)=O.CC1CCC2(C)C(CCC3C2CCC2(C)C3CC(O)(O)C2C)C1. The smallest absolute Gasteiger partial charge is 0.165 e. The van der Waals surface area contributed by atoms with Gasteiger partial charge in [-0.15, -0.1) is 12.8 Å². The first-order valence-electron chi connectivity index (χ1n) is 11.7. The van der Waals surface area contributed by atoms with Crippen LogP contribution in [0.3, 0.4) is 0 Å². The molecule has 0 aliphatic heterocycles. The molecule has 4 fully saturated rings. The number of hydrogen-bond acceptors (Lipinski definition) is 3. The molecule has 0 radical (unpaired) electrons. The summed E-state index contributed by atoms with van der Waals surface area (Å²) in [5, 5.41) is 21.1. The average molecular weight is 405 g/mol. The predicted octanol–water partition coefficient (Wildman–Crippen LogP) is 5.44. The van der Waals surface area contributed by atoms with Gasteiger partial charge in [-0.25, -0.2) is 0 Å². The van der Waals surface area contributed by atoms with Gasteiger partial charge in [0.05, 0.1) is 0 Å². The zero-order valence-electron chi connectivity index (χ0n) is 19.6. The van der Waals surface area contributed by atoms with Crippen LogP contribution in [0.1, 0.15) is 92.9 Å². The van der Waals surface area contributed by atoms with Gasteiger partial charge in [-0.3, -0.25) is 0 Å². The molecule has 4 aliphatic carbocycles. The molecule has 4 aliphatic rings. The van der Waals surface area contributed by atoms with Gasteiger partial charge in [-0.1, -0.05) is 34.1 Å². The maximum absolute atomic E-state index is 10.5. The highest BCUT2D eigenvalue weighted by molar-refractivity contribution is 5.72. The highest BCUT2D eigenvalue weighted by Crippen LogP contribution is 2.68. The minimum Gasteiger partial charge on any atom is -0.365 e. The van der Waals surface area contributed by atoms with Crippen LogP contribution in [-0.2, 0) is 4.79 Å². The Kier molecular flexibility index (Phi) is 7.34. The molecule has 0 spiro atoms. The summed E-state index contributed by atoms with van der Waals surface area (Å²) in [5.41, 5.74) is 0.659. The molecule has 0 saturated heterocycles. The summed E-state index contributed by atoms with van der Waals surface area (Å²) in [5.74, 6) is 2.64. The summed E-state index contributed by atoms with van der Waals surface area (Å²) in [4.78, 5) is 9.44.